The van der Waals surface area contributed by atoms with Crippen LogP contribution in [0, 0.1) is 0 Å². The minimum Gasteiger partial charge on any atom is -0.508 e. The first-order valence-electron chi connectivity index (χ1n) is 7.53. The Morgan fingerprint density at radius 1 is 1.19 bits per heavy atom. The molecule has 21 heavy (non-hydrogen) atoms. The number of hydrogen-bond donors (Lipinski definition) is 2. The van der Waals surface area contributed by atoms with Crippen LogP contribution < -0.4 is 10.6 Å². The van der Waals surface area contributed by atoms with Crippen molar-refractivity contribution in [2.75, 3.05) is 18.0 Å². The van der Waals surface area contributed by atoms with Crippen molar-refractivity contribution >= 4 is 5.69 Å². The third-order valence-corrected chi connectivity index (χ3v) is 4.33. The quantitative estimate of drug-likeness (QED) is 0.907. The van der Waals surface area contributed by atoms with Gasteiger partial charge in [-0.15, -0.1) is 0 Å². The molecule has 3 N–H and O–H groups in total. The topological polar surface area (TPSA) is 49.5 Å². The average molecular weight is 282 g/mol. The standard InChI is InChI=1S/C18H22N2O/c1-13(19)17-8-7-16(11-18(17)21)20-10-9-15(12-20)14-5-3-2-4-6-14/h2-8,11,13,15,21H,9-10,12,19H2,1H3. The van der Waals surface area contributed by atoms with E-state index in [1.807, 2.05) is 19.1 Å². The number of nitrogens with zero attached hydrogens (tertiary/aromatic N) is 1. The first kappa shape index (κ1) is 14.0. The normalized spacial score (nSPS) is 19.7. The van der Waals surface area contributed by atoms with E-state index in [1.54, 1.807) is 0 Å². The van der Waals surface area contributed by atoms with Gasteiger partial charge in [0.15, 0.2) is 0 Å². The second-order valence-electron chi connectivity index (χ2n) is 5.87. The maximum atomic E-state index is 10.1. The Hall–Kier alpha value is -2.00. The molecule has 0 aliphatic carbocycles. The smallest absolute Gasteiger partial charge is 0.122 e. The first-order chi connectivity index (χ1) is 10.1. The highest BCUT2D eigenvalue weighted by Gasteiger charge is 2.24. The molecule has 0 amide bonds. The summed E-state index contributed by atoms with van der Waals surface area (Å²) in [6, 6.07) is 16.3. The fourth-order valence-corrected chi connectivity index (χ4v) is 3.11. The highest BCUT2D eigenvalue weighted by Crippen LogP contribution is 2.34. The van der Waals surface area contributed by atoms with E-state index < -0.39 is 0 Å². The van der Waals surface area contributed by atoms with E-state index in [4.69, 9.17) is 5.73 Å². The Balaban J connectivity index is 1.76. The highest BCUT2D eigenvalue weighted by atomic mass is 16.3. The van der Waals surface area contributed by atoms with E-state index in [9.17, 15) is 5.11 Å². The number of phenols is 1. The summed E-state index contributed by atoms with van der Waals surface area (Å²) in [5.41, 5.74) is 9.12. The number of rotatable bonds is 3. The van der Waals surface area contributed by atoms with Gasteiger partial charge in [-0.2, -0.15) is 0 Å². The van der Waals surface area contributed by atoms with E-state index in [1.165, 1.54) is 5.56 Å². The second-order valence-corrected chi connectivity index (χ2v) is 5.87. The maximum absolute atomic E-state index is 10.1. The Kier molecular flexibility index (Phi) is 3.84. The van der Waals surface area contributed by atoms with Gasteiger partial charge >= 0.3 is 0 Å². The van der Waals surface area contributed by atoms with Crippen LogP contribution in [0.15, 0.2) is 48.5 Å². The molecule has 1 fully saturated rings. The number of benzene rings is 2. The predicted octanol–water partition coefficient (Wildman–Crippen LogP) is 3.41. The molecule has 2 aromatic carbocycles. The van der Waals surface area contributed by atoms with Gasteiger partial charge in [-0.1, -0.05) is 36.4 Å². The summed E-state index contributed by atoms with van der Waals surface area (Å²) in [5, 5.41) is 10.1. The third-order valence-electron chi connectivity index (χ3n) is 4.33. The molecule has 2 atom stereocenters. The van der Waals surface area contributed by atoms with Crippen molar-refractivity contribution in [2.24, 2.45) is 5.73 Å². The van der Waals surface area contributed by atoms with Crippen LogP contribution in [0.2, 0.25) is 0 Å². The van der Waals surface area contributed by atoms with Crippen LogP contribution in [-0.4, -0.2) is 18.2 Å². The largest absolute Gasteiger partial charge is 0.508 e. The molecular weight excluding hydrogens is 260 g/mol. The van der Waals surface area contributed by atoms with Crippen LogP contribution in [0.1, 0.15) is 36.4 Å². The zero-order chi connectivity index (χ0) is 14.8. The third kappa shape index (κ3) is 2.88. The molecule has 0 saturated carbocycles. The van der Waals surface area contributed by atoms with Crippen molar-refractivity contribution in [1.82, 2.24) is 0 Å². The van der Waals surface area contributed by atoms with Gasteiger partial charge in [-0.25, -0.2) is 0 Å². The van der Waals surface area contributed by atoms with E-state index in [2.05, 4.69) is 41.3 Å². The van der Waals surface area contributed by atoms with Crippen LogP contribution in [0.4, 0.5) is 5.69 Å². The average Bonchev–Trinajstić information content (AvgIpc) is 2.97. The lowest BCUT2D eigenvalue weighted by atomic mass is 9.99. The summed E-state index contributed by atoms with van der Waals surface area (Å²) in [4.78, 5) is 2.34. The van der Waals surface area contributed by atoms with Gasteiger partial charge < -0.3 is 15.7 Å². The summed E-state index contributed by atoms with van der Waals surface area (Å²) in [5.74, 6) is 0.868. The van der Waals surface area contributed by atoms with Gasteiger partial charge in [-0.3, -0.25) is 0 Å². The minimum absolute atomic E-state index is 0.144. The molecule has 0 aromatic heterocycles. The number of phenolic OH excluding ortho intramolecular Hbond substituents is 1. The highest BCUT2D eigenvalue weighted by molar-refractivity contribution is 5.55. The molecule has 1 saturated heterocycles. The van der Waals surface area contributed by atoms with Gasteiger partial charge in [0, 0.05) is 42.4 Å². The number of nitrogens with two attached hydrogens (primary N) is 1. The molecule has 3 nitrogen and oxygen atoms in total. The lowest BCUT2D eigenvalue weighted by Crippen LogP contribution is -2.19. The van der Waals surface area contributed by atoms with Crippen molar-refractivity contribution in [3.05, 3.63) is 59.7 Å². The summed E-state index contributed by atoms with van der Waals surface area (Å²) in [6.07, 6.45) is 1.15. The Bertz CT molecular complexity index is 610. The van der Waals surface area contributed by atoms with Crippen molar-refractivity contribution in [3.63, 3.8) is 0 Å². The zero-order valence-corrected chi connectivity index (χ0v) is 12.4. The van der Waals surface area contributed by atoms with Gasteiger partial charge in [0.25, 0.3) is 0 Å². The molecule has 0 radical (unpaired) electrons. The molecule has 3 heteroatoms. The molecule has 1 aliphatic heterocycles. The molecule has 1 aliphatic rings. The molecule has 2 unspecified atom stereocenters. The number of anilines is 1. The summed E-state index contributed by atoms with van der Waals surface area (Å²) >= 11 is 0. The Labute approximate surface area is 126 Å². The SMILES string of the molecule is CC(N)c1ccc(N2CCC(c3ccccc3)C2)cc1O. The van der Waals surface area contributed by atoms with Crippen LogP contribution in [-0.2, 0) is 0 Å². The second kappa shape index (κ2) is 5.78. The molecule has 110 valence electrons. The maximum Gasteiger partial charge on any atom is 0.122 e. The molecule has 0 spiro atoms. The lowest BCUT2D eigenvalue weighted by molar-refractivity contribution is 0.464. The summed E-state index contributed by atoms with van der Waals surface area (Å²) in [6.45, 7) is 3.91. The fraction of sp³-hybridized carbons (Fsp3) is 0.333. The van der Waals surface area contributed by atoms with E-state index in [-0.39, 0.29) is 6.04 Å². The fourth-order valence-electron chi connectivity index (χ4n) is 3.11. The van der Waals surface area contributed by atoms with Gasteiger partial charge in [0.2, 0.25) is 0 Å². The van der Waals surface area contributed by atoms with Crippen LogP contribution in [0.3, 0.4) is 0 Å². The monoisotopic (exact) mass is 282 g/mol. The molecular formula is C18H22N2O. The van der Waals surface area contributed by atoms with E-state index >= 15 is 0 Å². The summed E-state index contributed by atoms with van der Waals surface area (Å²) < 4.78 is 0. The van der Waals surface area contributed by atoms with E-state index in [0.717, 1.165) is 30.8 Å². The Morgan fingerprint density at radius 3 is 2.62 bits per heavy atom. The predicted molar refractivity (Wildman–Crippen MR) is 86.7 cm³/mol. The number of aromatic hydroxyl groups is 1. The molecule has 1 heterocycles. The van der Waals surface area contributed by atoms with Gasteiger partial charge in [0.1, 0.15) is 5.75 Å². The molecule has 0 bridgehead atoms. The van der Waals surface area contributed by atoms with Gasteiger partial charge in [-0.05, 0) is 25.0 Å². The minimum atomic E-state index is -0.144. The van der Waals surface area contributed by atoms with Crippen molar-refractivity contribution in [1.29, 1.82) is 0 Å². The van der Waals surface area contributed by atoms with Crippen LogP contribution in [0.25, 0.3) is 0 Å². The molecule has 3 rings (SSSR count). The zero-order valence-electron chi connectivity index (χ0n) is 12.4. The Morgan fingerprint density at radius 2 is 1.95 bits per heavy atom. The van der Waals surface area contributed by atoms with Crippen molar-refractivity contribution in [3.8, 4) is 5.75 Å². The van der Waals surface area contributed by atoms with Crippen molar-refractivity contribution < 1.29 is 5.11 Å². The van der Waals surface area contributed by atoms with E-state index in [0.29, 0.717) is 11.7 Å². The lowest BCUT2D eigenvalue weighted by Gasteiger charge is -2.20. The van der Waals surface area contributed by atoms with Gasteiger partial charge in [0.05, 0.1) is 0 Å². The first-order valence-corrected chi connectivity index (χ1v) is 7.53. The van der Waals surface area contributed by atoms with Crippen molar-refractivity contribution in [2.45, 2.75) is 25.3 Å². The summed E-state index contributed by atoms with van der Waals surface area (Å²) in [7, 11) is 0. The number of hydrogen-bond acceptors (Lipinski definition) is 3. The van der Waals surface area contributed by atoms with Crippen LogP contribution in [0.5, 0.6) is 5.75 Å². The van der Waals surface area contributed by atoms with Crippen LogP contribution >= 0.6 is 0 Å². The molecule has 2 aromatic rings.